The molecule has 1 heterocycles. The van der Waals surface area contributed by atoms with Crippen LogP contribution in [0.5, 0.6) is 0 Å². The van der Waals surface area contributed by atoms with Gasteiger partial charge in [0.05, 0.1) is 16.3 Å². The largest absolute Gasteiger partial charge is 0.352 e. The van der Waals surface area contributed by atoms with Gasteiger partial charge >= 0.3 is 6.55 Å². The first kappa shape index (κ1) is 14.3. The molecule has 0 saturated heterocycles. The Morgan fingerprint density at radius 2 is 2.14 bits per heavy atom. The van der Waals surface area contributed by atoms with Gasteiger partial charge in [0, 0.05) is 6.04 Å². The molecule has 4 nitrogen and oxygen atoms in total. The van der Waals surface area contributed by atoms with Crippen molar-refractivity contribution in [1.82, 2.24) is 14.9 Å². The molecule has 1 aliphatic rings. The number of nitrogens with one attached hydrogen (secondary N) is 1. The lowest BCUT2D eigenvalue weighted by Gasteiger charge is -2.12. The zero-order valence-corrected chi connectivity index (χ0v) is 12.2. The van der Waals surface area contributed by atoms with E-state index >= 15 is 0 Å². The molecule has 2 aromatic rings. The smallest absolute Gasteiger partial charge is 0.321 e. The normalized spacial score (nSPS) is 16.4. The van der Waals surface area contributed by atoms with E-state index in [0.29, 0.717) is 11.0 Å². The van der Waals surface area contributed by atoms with E-state index in [1.807, 2.05) is 0 Å². The number of halogens is 2. The molecule has 1 aromatic carbocycles. The van der Waals surface area contributed by atoms with E-state index in [2.05, 4.69) is 10.3 Å². The number of benzene rings is 1. The molecule has 1 aliphatic carbocycles. The number of alkyl halides is 2. The van der Waals surface area contributed by atoms with Gasteiger partial charge in [-0.15, -0.1) is 0 Å². The minimum absolute atomic E-state index is 0.129. The molecular weight excluding hydrogens is 296 g/mol. The molecule has 112 valence electrons. The van der Waals surface area contributed by atoms with Crippen molar-refractivity contribution in [2.45, 2.75) is 42.8 Å². The zero-order valence-electron chi connectivity index (χ0n) is 11.4. The zero-order chi connectivity index (χ0) is 15.0. The summed E-state index contributed by atoms with van der Waals surface area (Å²) in [4.78, 5) is 16.2. The molecule has 21 heavy (non-hydrogen) atoms. The van der Waals surface area contributed by atoms with E-state index in [0.717, 1.165) is 29.2 Å². The molecule has 7 heteroatoms. The van der Waals surface area contributed by atoms with Gasteiger partial charge in [-0.25, -0.2) is 4.98 Å². The summed E-state index contributed by atoms with van der Waals surface area (Å²) in [5.74, 6) is -0.129. The second-order valence-corrected chi connectivity index (χ2v) is 6.38. The Labute approximate surface area is 124 Å². The maximum atomic E-state index is 13.3. The van der Waals surface area contributed by atoms with Gasteiger partial charge in [-0.3, -0.25) is 9.36 Å². The monoisotopic (exact) mass is 311 g/mol. The number of aromatic nitrogens is 2. The van der Waals surface area contributed by atoms with Crippen molar-refractivity contribution in [3.8, 4) is 0 Å². The van der Waals surface area contributed by atoms with Crippen LogP contribution in [0.3, 0.4) is 0 Å². The second kappa shape index (κ2) is 5.63. The van der Waals surface area contributed by atoms with Crippen molar-refractivity contribution < 1.29 is 13.6 Å². The first-order chi connectivity index (χ1) is 10.1. The molecule has 1 amide bonds. The van der Waals surface area contributed by atoms with Crippen molar-refractivity contribution in [3.63, 3.8) is 0 Å². The molecule has 3 rings (SSSR count). The number of thioether (sulfide) groups is 1. The number of carbonyl (C=O) groups excluding carboxylic acids is 1. The quantitative estimate of drug-likeness (QED) is 0.863. The fourth-order valence-electron chi connectivity index (χ4n) is 2.05. The fraction of sp³-hybridized carbons (Fsp3) is 0.429. The van der Waals surface area contributed by atoms with Crippen LogP contribution < -0.4 is 5.32 Å². The van der Waals surface area contributed by atoms with E-state index < -0.39 is 11.8 Å². The number of hydrogen-bond acceptors (Lipinski definition) is 3. The van der Waals surface area contributed by atoms with Crippen molar-refractivity contribution in [2.75, 3.05) is 0 Å². The van der Waals surface area contributed by atoms with Crippen LogP contribution in [0, 0.1) is 0 Å². The second-order valence-electron chi connectivity index (χ2n) is 5.07. The van der Waals surface area contributed by atoms with Gasteiger partial charge in [-0.2, -0.15) is 8.78 Å². The standard InChI is InChI=1S/C14H15F2N3OS/c1-8(12(20)17-9-6-7-9)21-14-18-10-4-2-3-5-11(10)19(14)13(15)16/h2-5,8-9,13H,6-7H2,1H3,(H,17,20). The number of carbonyl (C=O) groups is 1. The molecule has 1 unspecified atom stereocenters. The topological polar surface area (TPSA) is 46.9 Å². The number of fused-ring (bicyclic) bond motifs is 1. The summed E-state index contributed by atoms with van der Waals surface area (Å²) in [6.07, 6.45) is 2.00. The average molecular weight is 311 g/mol. The fourth-order valence-corrected chi connectivity index (χ4v) is 2.99. The number of nitrogens with zero attached hydrogens (tertiary/aromatic N) is 2. The molecule has 0 radical (unpaired) electrons. The van der Waals surface area contributed by atoms with E-state index in [4.69, 9.17) is 0 Å². The first-order valence-electron chi connectivity index (χ1n) is 6.78. The summed E-state index contributed by atoms with van der Waals surface area (Å²) in [5.41, 5.74) is 0.889. The third kappa shape index (κ3) is 3.02. The molecule has 0 spiro atoms. The van der Waals surface area contributed by atoms with E-state index in [9.17, 15) is 13.6 Å². The molecule has 1 aromatic heterocycles. The highest BCUT2D eigenvalue weighted by molar-refractivity contribution is 8.00. The molecule has 0 bridgehead atoms. The maximum absolute atomic E-state index is 13.3. The number of rotatable bonds is 5. The van der Waals surface area contributed by atoms with E-state index in [-0.39, 0.29) is 17.1 Å². The Hall–Kier alpha value is -1.63. The predicted molar refractivity (Wildman–Crippen MR) is 77.5 cm³/mol. The number of amides is 1. The van der Waals surface area contributed by atoms with Gasteiger partial charge in [0.25, 0.3) is 0 Å². The van der Waals surface area contributed by atoms with Gasteiger partial charge in [-0.1, -0.05) is 23.9 Å². The highest BCUT2D eigenvalue weighted by atomic mass is 32.2. The van der Waals surface area contributed by atoms with Crippen molar-refractivity contribution in [1.29, 1.82) is 0 Å². The van der Waals surface area contributed by atoms with Gasteiger partial charge < -0.3 is 5.32 Å². The van der Waals surface area contributed by atoms with Crippen LogP contribution in [0.15, 0.2) is 29.4 Å². The Morgan fingerprint density at radius 1 is 1.43 bits per heavy atom. The summed E-state index contributed by atoms with van der Waals surface area (Å²) >= 11 is 1.06. The van der Waals surface area contributed by atoms with Crippen LogP contribution in [0.4, 0.5) is 8.78 Å². The third-order valence-corrected chi connectivity index (χ3v) is 4.40. The van der Waals surface area contributed by atoms with Crippen molar-refractivity contribution >= 4 is 28.7 Å². The van der Waals surface area contributed by atoms with Crippen molar-refractivity contribution in [3.05, 3.63) is 24.3 Å². The Bertz CT molecular complexity index is 669. The number of imidazole rings is 1. The predicted octanol–water partition coefficient (Wildman–Crippen LogP) is 3.19. The van der Waals surface area contributed by atoms with Crippen LogP contribution in [-0.2, 0) is 4.79 Å². The maximum Gasteiger partial charge on any atom is 0.321 e. The van der Waals surface area contributed by atoms with E-state index in [1.54, 1.807) is 31.2 Å². The summed E-state index contributed by atoms with van der Waals surface area (Å²) in [5, 5.41) is 2.58. The third-order valence-electron chi connectivity index (χ3n) is 3.33. The molecule has 1 N–H and O–H groups in total. The van der Waals surface area contributed by atoms with Crippen LogP contribution in [0.2, 0.25) is 0 Å². The highest BCUT2D eigenvalue weighted by Gasteiger charge is 2.27. The van der Waals surface area contributed by atoms with Gasteiger partial charge in [0.15, 0.2) is 5.16 Å². The van der Waals surface area contributed by atoms with Crippen molar-refractivity contribution in [2.24, 2.45) is 0 Å². The lowest BCUT2D eigenvalue weighted by molar-refractivity contribution is -0.120. The molecule has 1 atom stereocenters. The first-order valence-corrected chi connectivity index (χ1v) is 7.66. The molecule has 1 saturated carbocycles. The van der Waals surface area contributed by atoms with Gasteiger partial charge in [0.2, 0.25) is 5.91 Å². The Kier molecular flexibility index (Phi) is 3.84. The van der Waals surface area contributed by atoms with Crippen LogP contribution >= 0.6 is 11.8 Å². The van der Waals surface area contributed by atoms with Crippen LogP contribution in [-0.4, -0.2) is 26.8 Å². The molecule has 0 aliphatic heterocycles. The van der Waals surface area contributed by atoms with Crippen LogP contribution in [0.1, 0.15) is 26.3 Å². The van der Waals surface area contributed by atoms with E-state index in [1.165, 1.54) is 0 Å². The van der Waals surface area contributed by atoms with Crippen LogP contribution in [0.25, 0.3) is 11.0 Å². The number of para-hydroxylation sites is 2. The average Bonchev–Trinajstić information content (AvgIpc) is 3.17. The number of hydrogen-bond donors (Lipinski definition) is 1. The highest BCUT2D eigenvalue weighted by Crippen LogP contribution is 2.31. The lowest BCUT2D eigenvalue weighted by atomic mass is 10.3. The lowest BCUT2D eigenvalue weighted by Crippen LogP contribution is -2.32. The molecular formula is C14H15F2N3OS. The minimum atomic E-state index is -2.68. The SMILES string of the molecule is CC(Sc1nc2ccccc2n1C(F)F)C(=O)NC1CC1. The Balaban J connectivity index is 1.85. The Morgan fingerprint density at radius 3 is 2.81 bits per heavy atom. The summed E-state index contributed by atoms with van der Waals surface area (Å²) in [6, 6.07) is 7.00. The minimum Gasteiger partial charge on any atom is -0.352 e. The molecule has 1 fully saturated rings. The summed E-state index contributed by atoms with van der Waals surface area (Å²) in [6.45, 7) is -0.976. The van der Waals surface area contributed by atoms with Gasteiger partial charge in [0.1, 0.15) is 0 Å². The summed E-state index contributed by atoms with van der Waals surface area (Å²) in [7, 11) is 0. The van der Waals surface area contributed by atoms with Gasteiger partial charge in [-0.05, 0) is 31.9 Å². The summed E-state index contributed by atoms with van der Waals surface area (Å²) < 4.78 is 27.4.